The molecule has 0 radical (unpaired) electrons. The summed E-state index contributed by atoms with van der Waals surface area (Å²) >= 11 is 0. The van der Waals surface area contributed by atoms with Gasteiger partial charge in [0, 0.05) is 5.18 Å². The molecule has 0 fully saturated rings. The third-order valence-corrected chi connectivity index (χ3v) is 2.19. The first-order valence-corrected chi connectivity index (χ1v) is 4.41. The van der Waals surface area contributed by atoms with Crippen LogP contribution in [-0.2, 0) is 4.79 Å². The van der Waals surface area contributed by atoms with E-state index in [-0.39, 0.29) is 0 Å². The molecule has 1 unspecified atom stereocenters. The quantitative estimate of drug-likeness (QED) is 0.690. The number of hydrogen-bond acceptors (Lipinski definition) is 4. The van der Waals surface area contributed by atoms with Gasteiger partial charge in [0.1, 0.15) is 11.6 Å². The fourth-order valence-corrected chi connectivity index (χ4v) is 1.35. The Bertz CT molecular complexity index is 520. The number of hydrogen-bond donors (Lipinski definition) is 0. The zero-order valence-corrected chi connectivity index (χ0v) is 7.99. The van der Waals surface area contributed by atoms with Crippen LogP contribution in [0, 0.1) is 4.91 Å². The molecule has 1 heterocycles. The Balaban J connectivity index is 2.52. The lowest BCUT2D eigenvalue weighted by atomic mass is 10.3. The van der Waals surface area contributed by atoms with E-state index in [4.69, 9.17) is 0 Å². The summed E-state index contributed by atoms with van der Waals surface area (Å²) < 4.78 is 1.39. The van der Waals surface area contributed by atoms with E-state index >= 15 is 0 Å². The van der Waals surface area contributed by atoms with E-state index in [1.807, 2.05) is 12.1 Å². The molecular weight excluding hydrogens is 196 g/mol. The first kappa shape index (κ1) is 9.45. The number of nitroso groups, excluding NO2 is 1. The van der Waals surface area contributed by atoms with Crippen LogP contribution in [0.3, 0.4) is 0 Å². The third kappa shape index (κ3) is 1.50. The Kier molecular flexibility index (Phi) is 2.24. The van der Waals surface area contributed by atoms with E-state index in [0.29, 0.717) is 11.0 Å². The van der Waals surface area contributed by atoms with Crippen LogP contribution >= 0.6 is 0 Å². The van der Waals surface area contributed by atoms with Crippen LogP contribution in [0.4, 0.5) is 0 Å². The molecule has 0 N–H and O–H groups in total. The Morgan fingerprint density at radius 3 is 2.93 bits per heavy atom. The van der Waals surface area contributed by atoms with Gasteiger partial charge in [-0.05, 0) is 19.1 Å². The molecule has 76 valence electrons. The van der Waals surface area contributed by atoms with Gasteiger partial charge < -0.3 is 0 Å². The second-order valence-electron chi connectivity index (χ2n) is 3.13. The zero-order chi connectivity index (χ0) is 10.8. The number of para-hydroxylation sites is 1. The molecule has 15 heavy (non-hydrogen) atoms. The van der Waals surface area contributed by atoms with Gasteiger partial charge in [-0.2, -0.15) is 0 Å². The minimum absolute atomic E-state index is 0.683. The highest BCUT2D eigenvalue weighted by Gasteiger charge is 2.18. The molecule has 0 saturated carbocycles. The number of amides is 1. The van der Waals surface area contributed by atoms with Crippen molar-refractivity contribution in [1.29, 1.82) is 0 Å². The lowest BCUT2D eigenvalue weighted by Crippen LogP contribution is -2.15. The molecule has 0 aliphatic heterocycles. The van der Waals surface area contributed by atoms with Crippen LogP contribution in [0.25, 0.3) is 11.0 Å². The molecule has 6 nitrogen and oxygen atoms in total. The van der Waals surface area contributed by atoms with Crippen molar-refractivity contribution in [2.45, 2.75) is 13.0 Å². The topological polar surface area (TPSA) is 77.2 Å². The van der Waals surface area contributed by atoms with Crippen LogP contribution in [-0.4, -0.2) is 20.9 Å². The fraction of sp³-hybridized carbons (Fsp3) is 0.222. The molecule has 0 saturated heterocycles. The number of aromatic nitrogens is 3. The van der Waals surface area contributed by atoms with Crippen molar-refractivity contribution in [3.63, 3.8) is 0 Å². The SMILES string of the molecule is CC(C(=O)N=O)n1nnc2ccccc21. The highest BCUT2D eigenvalue weighted by Crippen LogP contribution is 2.15. The van der Waals surface area contributed by atoms with E-state index in [2.05, 4.69) is 15.5 Å². The predicted molar refractivity (Wildman–Crippen MR) is 53.0 cm³/mol. The van der Waals surface area contributed by atoms with Gasteiger partial charge in [-0.25, -0.2) is 4.68 Å². The minimum atomic E-state index is -0.759. The van der Waals surface area contributed by atoms with Gasteiger partial charge in [-0.15, -0.1) is 10.0 Å². The van der Waals surface area contributed by atoms with Crippen molar-refractivity contribution in [3.05, 3.63) is 29.2 Å². The maximum atomic E-state index is 11.1. The van der Waals surface area contributed by atoms with Gasteiger partial charge in [-0.3, -0.25) is 4.79 Å². The molecule has 0 aliphatic carbocycles. The lowest BCUT2D eigenvalue weighted by molar-refractivity contribution is -0.120. The van der Waals surface area contributed by atoms with Gasteiger partial charge in [0.15, 0.2) is 0 Å². The lowest BCUT2D eigenvalue weighted by Gasteiger charge is -2.05. The van der Waals surface area contributed by atoms with Crippen molar-refractivity contribution in [2.24, 2.45) is 5.18 Å². The van der Waals surface area contributed by atoms with Crippen LogP contribution in [0.15, 0.2) is 29.4 Å². The average Bonchev–Trinajstić information content (AvgIpc) is 2.70. The molecule has 1 aromatic carbocycles. The summed E-state index contributed by atoms with van der Waals surface area (Å²) in [5.41, 5.74) is 1.39. The van der Waals surface area contributed by atoms with Crippen LogP contribution in [0.5, 0.6) is 0 Å². The molecule has 1 atom stereocenters. The van der Waals surface area contributed by atoms with E-state index in [1.165, 1.54) is 4.68 Å². The molecular formula is C9H8N4O2. The van der Waals surface area contributed by atoms with Crippen molar-refractivity contribution >= 4 is 16.9 Å². The molecule has 0 aliphatic rings. The van der Waals surface area contributed by atoms with Gasteiger partial charge in [0.05, 0.1) is 5.52 Å². The van der Waals surface area contributed by atoms with E-state index in [0.717, 1.165) is 0 Å². The van der Waals surface area contributed by atoms with Gasteiger partial charge in [-0.1, -0.05) is 17.3 Å². The Hall–Kier alpha value is -2.11. The molecule has 1 aromatic heterocycles. The Labute approximate surface area is 84.9 Å². The Morgan fingerprint density at radius 1 is 1.47 bits per heavy atom. The molecule has 1 amide bonds. The summed E-state index contributed by atoms with van der Waals surface area (Å²) in [4.78, 5) is 21.2. The van der Waals surface area contributed by atoms with Crippen molar-refractivity contribution < 1.29 is 4.79 Å². The second-order valence-corrected chi connectivity index (χ2v) is 3.13. The summed E-state index contributed by atoms with van der Waals surface area (Å²) in [6.07, 6.45) is 0. The van der Waals surface area contributed by atoms with Crippen molar-refractivity contribution in [2.75, 3.05) is 0 Å². The third-order valence-electron chi connectivity index (χ3n) is 2.19. The summed E-state index contributed by atoms with van der Waals surface area (Å²) in [5.74, 6) is -0.759. The van der Waals surface area contributed by atoms with Crippen LogP contribution in [0.1, 0.15) is 13.0 Å². The first-order valence-electron chi connectivity index (χ1n) is 4.41. The number of nitrogens with zero attached hydrogens (tertiary/aromatic N) is 4. The summed E-state index contributed by atoms with van der Waals surface area (Å²) in [6, 6.07) is 6.49. The summed E-state index contributed by atoms with van der Waals surface area (Å²) in [5, 5.41) is 10.1. The fourth-order valence-electron chi connectivity index (χ4n) is 1.35. The van der Waals surface area contributed by atoms with Crippen molar-refractivity contribution in [1.82, 2.24) is 15.0 Å². The first-order chi connectivity index (χ1) is 7.24. The summed E-state index contributed by atoms with van der Waals surface area (Å²) in [6.45, 7) is 1.56. The van der Waals surface area contributed by atoms with Crippen LogP contribution in [0.2, 0.25) is 0 Å². The highest BCUT2D eigenvalue weighted by atomic mass is 16.3. The number of benzene rings is 1. The molecule has 2 rings (SSSR count). The number of carbonyl (C=O) groups is 1. The maximum absolute atomic E-state index is 11.1. The second kappa shape index (κ2) is 3.56. The van der Waals surface area contributed by atoms with Gasteiger partial charge in [0.2, 0.25) is 0 Å². The zero-order valence-electron chi connectivity index (χ0n) is 7.99. The number of rotatable bonds is 2. The van der Waals surface area contributed by atoms with Crippen molar-refractivity contribution in [3.8, 4) is 0 Å². The number of fused-ring (bicyclic) bond motifs is 1. The largest absolute Gasteiger partial charge is 0.310 e. The van der Waals surface area contributed by atoms with Crippen LogP contribution < -0.4 is 0 Å². The normalized spacial score (nSPS) is 12.6. The van der Waals surface area contributed by atoms with Gasteiger partial charge >= 0.3 is 5.91 Å². The average molecular weight is 204 g/mol. The monoisotopic (exact) mass is 204 g/mol. The van der Waals surface area contributed by atoms with E-state index < -0.39 is 11.9 Å². The van der Waals surface area contributed by atoms with Gasteiger partial charge in [0.25, 0.3) is 0 Å². The number of carbonyl (C=O) groups excluding carboxylic acids is 1. The smallest absolute Gasteiger partial charge is 0.267 e. The molecule has 6 heteroatoms. The van der Waals surface area contributed by atoms with E-state index in [1.54, 1.807) is 19.1 Å². The standard InChI is InChI=1S/C9H8N4O2/c1-6(9(14)11-15)13-8-5-3-2-4-7(8)10-12-13/h2-6H,1H3. The molecule has 0 spiro atoms. The Morgan fingerprint density at radius 2 is 2.20 bits per heavy atom. The molecule has 0 bridgehead atoms. The van der Waals surface area contributed by atoms with E-state index in [9.17, 15) is 9.70 Å². The maximum Gasteiger partial charge on any atom is 0.310 e. The predicted octanol–water partition coefficient (Wildman–Crippen LogP) is 1.29. The minimum Gasteiger partial charge on any atom is -0.267 e. The highest BCUT2D eigenvalue weighted by molar-refractivity contribution is 5.83. The molecule has 2 aromatic rings. The summed E-state index contributed by atoms with van der Waals surface area (Å²) in [7, 11) is 0.